The van der Waals surface area contributed by atoms with Crippen LogP contribution in [0.5, 0.6) is 0 Å². The third kappa shape index (κ3) is 3.21. The quantitative estimate of drug-likeness (QED) is 0.291. The van der Waals surface area contributed by atoms with Crippen LogP contribution in [-0.2, 0) is 0 Å². The number of fused-ring (bicyclic) bond motifs is 3. The molecular weight excluding hydrogens is 390 g/mol. The molecule has 0 atom stereocenters. The fraction of sp³-hybridized carbons (Fsp3) is 0. The van der Waals surface area contributed by atoms with E-state index >= 15 is 0 Å². The second-order valence-electron chi connectivity index (χ2n) is 7.76. The minimum Gasteiger partial charge on any atom is -0.264 e. The summed E-state index contributed by atoms with van der Waals surface area (Å²) >= 11 is 0. The molecule has 0 bridgehead atoms. The highest BCUT2D eigenvalue weighted by Gasteiger charge is 2.13. The molecule has 0 fully saturated rings. The van der Waals surface area contributed by atoms with Gasteiger partial charge < -0.3 is 0 Å². The average molecular weight is 409 g/mol. The number of rotatable bonds is 3. The highest BCUT2D eigenvalue weighted by Crippen LogP contribution is 2.33. The monoisotopic (exact) mass is 409 g/mol. The first-order valence-electron chi connectivity index (χ1n) is 10.6. The van der Waals surface area contributed by atoms with Gasteiger partial charge in [0.2, 0.25) is 0 Å². The molecule has 0 aliphatic rings. The molecule has 6 rings (SSSR count). The van der Waals surface area contributed by atoms with Crippen LogP contribution in [0.25, 0.3) is 55.4 Å². The van der Waals surface area contributed by atoms with Crippen molar-refractivity contribution in [3.05, 3.63) is 116 Å². The zero-order valence-electron chi connectivity index (χ0n) is 17.3. The molecule has 0 saturated heterocycles. The summed E-state index contributed by atoms with van der Waals surface area (Å²) in [5.41, 5.74) is 6.22. The Bertz CT molecular complexity index is 1540. The van der Waals surface area contributed by atoms with E-state index in [1.165, 1.54) is 5.39 Å². The van der Waals surface area contributed by atoms with Gasteiger partial charge >= 0.3 is 0 Å². The van der Waals surface area contributed by atoms with Crippen LogP contribution in [0.3, 0.4) is 0 Å². The van der Waals surface area contributed by atoms with Gasteiger partial charge in [-0.2, -0.15) is 0 Å². The van der Waals surface area contributed by atoms with Crippen LogP contribution in [0.2, 0.25) is 0 Å². The molecule has 0 spiro atoms. The Balaban J connectivity index is 1.58. The molecule has 0 radical (unpaired) electrons. The zero-order valence-corrected chi connectivity index (χ0v) is 17.3. The minimum absolute atomic E-state index is 0.727. The van der Waals surface area contributed by atoms with Gasteiger partial charge in [-0.1, -0.05) is 91.0 Å². The lowest BCUT2D eigenvalue weighted by Gasteiger charge is -2.12. The number of aromatic nitrogens is 3. The Morgan fingerprint density at radius 1 is 0.469 bits per heavy atom. The van der Waals surface area contributed by atoms with Crippen LogP contribution >= 0.6 is 0 Å². The summed E-state index contributed by atoms with van der Waals surface area (Å²) in [6, 6.07) is 35.4. The summed E-state index contributed by atoms with van der Waals surface area (Å²) in [5, 5.41) is 3.37. The second-order valence-corrected chi connectivity index (χ2v) is 7.76. The maximum absolute atomic E-state index is 5.04. The van der Waals surface area contributed by atoms with Gasteiger partial charge in [-0.25, -0.2) is 9.97 Å². The fourth-order valence-corrected chi connectivity index (χ4v) is 4.15. The average Bonchev–Trinajstić information content (AvgIpc) is 2.89. The molecule has 6 aromatic rings. The Morgan fingerprint density at radius 3 is 2.03 bits per heavy atom. The van der Waals surface area contributed by atoms with Gasteiger partial charge in [0.25, 0.3) is 0 Å². The Labute approximate surface area is 186 Å². The van der Waals surface area contributed by atoms with Crippen LogP contribution in [-0.4, -0.2) is 15.0 Å². The lowest BCUT2D eigenvalue weighted by molar-refractivity contribution is 1.23. The molecule has 0 saturated carbocycles. The summed E-state index contributed by atoms with van der Waals surface area (Å²) in [7, 11) is 0. The van der Waals surface area contributed by atoms with Crippen molar-refractivity contribution < 1.29 is 0 Å². The largest absolute Gasteiger partial charge is 0.264 e. The Morgan fingerprint density at radius 2 is 1.22 bits per heavy atom. The van der Waals surface area contributed by atoms with Gasteiger partial charge in [0.05, 0.1) is 11.2 Å². The van der Waals surface area contributed by atoms with Crippen LogP contribution in [0.1, 0.15) is 0 Å². The van der Waals surface area contributed by atoms with Crippen molar-refractivity contribution in [2.75, 3.05) is 0 Å². The van der Waals surface area contributed by atoms with E-state index in [4.69, 9.17) is 9.97 Å². The van der Waals surface area contributed by atoms with Crippen molar-refractivity contribution in [3.8, 4) is 33.8 Å². The molecular formula is C29H19N3. The standard InChI is InChI=1S/C29H19N3/c1-2-8-22(9-3-1)27-26-17-16-21-7-4-5-11-25(21)28(26)32-29(31-27)23-14-12-20(13-15-23)24-10-6-18-30-19-24/h1-19H. The Kier molecular flexibility index (Phi) is 4.43. The van der Waals surface area contributed by atoms with Crippen molar-refractivity contribution in [2.45, 2.75) is 0 Å². The van der Waals surface area contributed by atoms with E-state index in [0.717, 1.165) is 50.1 Å². The number of hydrogen-bond acceptors (Lipinski definition) is 3. The smallest absolute Gasteiger partial charge is 0.160 e. The van der Waals surface area contributed by atoms with Crippen LogP contribution < -0.4 is 0 Å². The molecule has 150 valence electrons. The van der Waals surface area contributed by atoms with E-state index < -0.39 is 0 Å². The number of hydrogen-bond donors (Lipinski definition) is 0. The fourth-order valence-electron chi connectivity index (χ4n) is 4.15. The van der Waals surface area contributed by atoms with Crippen LogP contribution in [0.15, 0.2) is 116 Å². The second kappa shape index (κ2) is 7.71. The first-order valence-corrected chi connectivity index (χ1v) is 10.6. The SMILES string of the molecule is c1ccc(-c2nc(-c3ccc(-c4cccnc4)cc3)nc3c2ccc2ccccc23)cc1. The summed E-state index contributed by atoms with van der Waals surface area (Å²) in [5.74, 6) is 0.727. The van der Waals surface area contributed by atoms with Gasteiger partial charge in [-0.3, -0.25) is 4.98 Å². The third-order valence-electron chi connectivity index (χ3n) is 5.78. The molecule has 0 unspecified atom stereocenters. The number of benzene rings is 4. The van der Waals surface area contributed by atoms with Gasteiger partial charge in [0.15, 0.2) is 5.82 Å². The van der Waals surface area contributed by atoms with Crippen molar-refractivity contribution in [1.29, 1.82) is 0 Å². The molecule has 32 heavy (non-hydrogen) atoms. The minimum atomic E-state index is 0.727. The molecule has 2 heterocycles. The topological polar surface area (TPSA) is 38.7 Å². The normalized spacial score (nSPS) is 11.1. The predicted octanol–water partition coefficient (Wildman–Crippen LogP) is 7.18. The molecule has 0 amide bonds. The van der Waals surface area contributed by atoms with Crippen LogP contribution in [0.4, 0.5) is 0 Å². The van der Waals surface area contributed by atoms with E-state index in [9.17, 15) is 0 Å². The van der Waals surface area contributed by atoms with Gasteiger partial charge in [-0.05, 0) is 28.6 Å². The van der Waals surface area contributed by atoms with Crippen molar-refractivity contribution in [3.63, 3.8) is 0 Å². The number of pyridine rings is 1. The highest BCUT2D eigenvalue weighted by molar-refractivity contribution is 6.09. The molecule has 4 aromatic carbocycles. The van der Waals surface area contributed by atoms with Gasteiger partial charge in [0.1, 0.15) is 0 Å². The third-order valence-corrected chi connectivity index (χ3v) is 5.78. The van der Waals surface area contributed by atoms with Crippen molar-refractivity contribution in [2.24, 2.45) is 0 Å². The van der Waals surface area contributed by atoms with Crippen LogP contribution in [0, 0.1) is 0 Å². The number of nitrogens with zero attached hydrogens (tertiary/aromatic N) is 3. The maximum Gasteiger partial charge on any atom is 0.160 e. The van der Waals surface area contributed by atoms with Crippen molar-refractivity contribution in [1.82, 2.24) is 15.0 Å². The summed E-state index contributed by atoms with van der Waals surface area (Å²) in [6.45, 7) is 0. The van der Waals surface area contributed by atoms with E-state index in [-0.39, 0.29) is 0 Å². The molecule has 2 aromatic heterocycles. The lowest BCUT2D eigenvalue weighted by Crippen LogP contribution is -1.96. The summed E-state index contributed by atoms with van der Waals surface area (Å²) < 4.78 is 0. The molecule has 0 aliphatic heterocycles. The van der Waals surface area contributed by atoms with E-state index in [1.54, 1.807) is 6.20 Å². The predicted molar refractivity (Wildman–Crippen MR) is 131 cm³/mol. The Hall–Kier alpha value is -4.37. The molecule has 0 N–H and O–H groups in total. The highest BCUT2D eigenvalue weighted by atomic mass is 14.9. The van der Waals surface area contributed by atoms with Gasteiger partial charge in [-0.15, -0.1) is 0 Å². The van der Waals surface area contributed by atoms with E-state index in [2.05, 4.69) is 83.8 Å². The zero-order chi connectivity index (χ0) is 21.3. The molecule has 0 aliphatic carbocycles. The van der Waals surface area contributed by atoms with Gasteiger partial charge in [0, 0.05) is 34.3 Å². The maximum atomic E-state index is 5.04. The first kappa shape index (κ1) is 18.4. The molecule has 3 heteroatoms. The van der Waals surface area contributed by atoms with E-state index in [0.29, 0.717) is 0 Å². The first-order chi connectivity index (χ1) is 15.9. The summed E-state index contributed by atoms with van der Waals surface area (Å²) in [6.07, 6.45) is 3.66. The lowest BCUT2D eigenvalue weighted by atomic mass is 10.0. The summed E-state index contributed by atoms with van der Waals surface area (Å²) in [4.78, 5) is 14.3. The van der Waals surface area contributed by atoms with E-state index in [1.807, 2.05) is 30.5 Å². The van der Waals surface area contributed by atoms with Crippen molar-refractivity contribution >= 4 is 21.7 Å². The molecule has 3 nitrogen and oxygen atoms in total.